The largest absolute Gasteiger partial charge is 0.492 e. The van der Waals surface area contributed by atoms with Gasteiger partial charge < -0.3 is 9.47 Å². The van der Waals surface area contributed by atoms with Gasteiger partial charge in [-0.3, -0.25) is 4.90 Å². The minimum atomic E-state index is -0.265. The zero-order valence-corrected chi connectivity index (χ0v) is 17.3. The van der Waals surface area contributed by atoms with E-state index in [2.05, 4.69) is 11.0 Å². The van der Waals surface area contributed by atoms with Crippen LogP contribution in [0.4, 0.5) is 4.39 Å². The summed E-state index contributed by atoms with van der Waals surface area (Å²) in [6.45, 7) is 5.31. The lowest BCUT2D eigenvalue weighted by Crippen LogP contribution is -2.30. The molecule has 7 heteroatoms. The molecule has 0 fully saturated rings. The molecule has 0 radical (unpaired) electrons. The summed E-state index contributed by atoms with van der Waals surface area (Å²) in [4.78, 5) is 7.11. The number of benzene rings is 2. The SMILES string of the molecule is Cc1nn(-c2ccccc2)c2nc3c(cc12)CN(CCOc1ccc(F)cc1)CCO3. The van der Waals surface area contributed by atoms with Crippen LogP contribution in [0, 0.1) is 12.7 Å². The lowest BCUT2D eigenvalue weighted by Gasteiger charge is -2.19. The lowest BCUT2D eigenvalue weighted by molar-refractivity contribution is 0.185. The van der Waals surface area contributed by atoms with Gasteiger partial charge in [0, 0.05) is 30.6 Å². The molecule has 158 valence electrons. The van der Waals surface area contributed by atoms with Crippen molar-refractivity contribution in [2.45, 2.75) is 13.5 Å². The van der Waals surface area contributed by atoms with Crippen molar-refractivity contribution in [3.05, 3.63) is 77.7 Å². The van der Waals surface area contributed by atoms with Crippen LogP contribution < -0.4 is 9.47 Å². The van der Waals surface area contributed by atoms with Crippen LogP contribution in [-0.4, -0.2) is 46.0 Å². The normalized spacial score (nSPS) is 14.1. The van der Waals surface area contributed by atoms with E-state index in [1.54, 1.807) is 12.1 Å². The maximum Gasteiger partial charge on any atom is 0.220 e. The first kappa shape index (κ1) is 19.5. The molecule has 0 aliphatic carbocycles. The number of ether oxygens (including phenoxy) is 2. The van der Waals surface area contributed by atoms with E-state index in [1.165, 1.54) is 12.1 Å². The van der Waals surface area contributed by atoms with Gasteiger partial charge in [-0.1, -0.05) is 18.2 Å². The van der Waals surface area contributed by atoms with Crippen LogP contribution in [0.25, 0.3) is 16.7 Å². The number of nitrogens with zero attached hydrogens (tertiary/aromatic N) is 4. The van der Waals surface area contributed by atoms with Crippen molar-refractivity contribution in [2.75, 3.05) is 26.3 Å². The first-order valence-electron chi connectivity index (χ1n) is 10.4. The summed E-state index contributed by atoms with van der Waals surface area (Å²) < 4.78 is 26.6. The summed E-state index contributed by atoms with van der Waals surface area (Å²) in [5, 5.41) is 5.73. The van der Waals surface area contributed by atoms with Crippen molar-refractivity contribution < 1.29 is 13.9 Å². The van der Waals surface area contributed by atoms with Crippen LogP contribution in [0.15, 0.2) is 60.7 Å². The van der Waals surface area contributed by atoms with E-state index in [4.69, 9.17) is 19.6 Å². The zero-order chi connectivity index (χ0) is 21.2. The standard InChI is InChI=1S/C24H23FN4O2/c1-17-22-15-18-16-28(11-13-30-21-9-7-19(25)8-10-21)12-14-31-24(18)26-23(22)29(27-17)20-5-3-2-4-6-20/h2-10,15H,11-14,16H2,1H3. The minimum absolute atomic E-state index is 0.265. The molecule has 0 unspecified atom stereocenters. The monoisotopic (exact) mass is 418 g/mol. The second-order valence-corrected chi connectivity index (χ2v) is 7.58. The van der Waals surface area contributed by atoms with Crippen molar-refractivity contribution in [3.8, 4) is 17.3 Å². The van der Waals surface area contributed by atoms with Crippen molar-refractivity contribution >= 4 is 11.0 Å². The summed E-state index contributed by atoms with van der Waals surface area (Å²) in [6, 6.07) is 18.2. The molecule has 0 N–H and O–H groups in total. The number of aromatic nitrogens is 3. The fraction of sp³-hybridized carbons (Fsp3) is 0.250. The topological polar surface area (TPSA) is 52.4 Å². The Labute approximate surface area is 179 Å². The molecule has 31 heavy (non-hydrogen) atoms. The third-order valence-electron chi connectivity index (χ3n) is 5.41. The van der Waals surface area contributed by atoms with Crippen LogP contribution >= 0.6 is 0 Å². The second-order valence-electron chi connectivity index (χ2n) is 7.58. The number of aryl methyl sites for hydroxylation is 1. The highest BCUT2D eigenvalue weighted by Crippen LogP contribution is 2.28. The molecule has 0 atom stereocenters. The van der Waals surface area contributed by atoms with Crippen LogP contribution in [-0.2, 0) is 6.54 Å². The van der Waals surface area contributed by atoms with Gasteiger partial charge in [0.25, 0.3) is 0 Å². The predicted molar refractivity (Wildman–Crippen MR) is 116 cm³/mol. The first-order valence-corrected chi connectivity index (χ1v) is 10.4. The van der Waals surface area contributed by atoms with Gasteiger partial charge in [-0.2, -0.15) is 10.1 Å². The molecule has 2 aromatic heterocycles. The molecule has 0 saturated heterocycles. The van der Waals surface area contributed by atoms with Crippen LogP contribution in [0.2, 0.25) is 0 Å². The van der Waals surface area contributed by atoms with Crippen molar-refractivity contribution in [1.29, 1.82) is 0 Å². The lowest BCUT2D eigenvalue weighted by atomic mass is 10.2. The van der Waals surface area contributed by atoms with Crippen molar-refractivity contribution in [2.24, 2.45) is 0 Å². The molecule has 6 nitrogen and oxygen atoms in total. The van der Waals surface area contributed by atoms with Crippen LogP contribution in [0.5, 0.6) is 11.6 Å². The van der Waals surface area contributed by atoms with Gasteiger partial charge in [-0.15, -0.1) is 0 Å². The number of fused-ring (bicyclic) bond motifs is 2. The van der Waals surface area contributed by atoms with Gasteiger partial charge in [-0.25, -0.2) is 9.07 Å². The van der Waals surface area contributed by atoms with E-state index in [9.17, 15) is 4.39 Å². The molecule has 2 aromatic carbocycles. The molecule has 1 aliphatic heterocycles. The Morgan fingerprint density at radius 1 is 1.10 bits per heavy atom. The molecule has 5 rings (SSSR count). The van der Waals surface area contributed by atoms with Gasteiger partial charge in [0.1, 0.15) is 24.8 Å². The Balaban J connectivity index is 1.35. The van der Waals surface area contributed by atoms with Gasteiger partial charge in [-0.05, 0) is 49.4 Å². The molecule has 0 amide bonds. The molecule has 4 aromatic rings. The molecule has 0 saturated carbocycles. The van der Waals surface area contributed by atoms with Crippen LogP contribution in [0.3, 0.4) is 0 Å². The Morgan fingerprint density at radius 2 is 1.90 bits per heavy atom. The Hall–Kier alpha value is -3.45. The van der Waals surface area contributed by atoms with E-state index >= 15 is 0 Å². The Bertz CT molecular complexity index is 1190. The fourth-order valence-corrected chi connectivity index (χ4v) is 3.80. The maximum absolute atomic E-state index is 13.0. The number of pyridine rings is 1. The quantitative estimate of drug-likeness (QED) is 0.488. The number of hydrogen-bond acceptors (Lipinski definition) is 5. The van der Waals surface area contributed by atoms with E-state index in [-0.39, 0.29) is 5.82 Å². The Morgan fingerprint density at radius 3 is 2.71 bits per heavy atom. The minimum Gasteiger partial charge on any atom is -0.492 e. The summed E-state index contributed by atoms with van der Waals surface area (Å²) in [5.41, 5.74) is 3.75. The zero-order valence-electron chi connectivity index (χ0n) is 17.3. The second kappa shape index (κ2) is 8.35. The van der Waals surface area contributed by atoms with Gasteiger partial charge >= 0.3 is 0 Å². The third-order valence-corrected chi connectivity index (χ3v) is 5.41. The maximum atomic E-state index is 13.0. The summed E-state index contributed by atoms with van der Waals surface area (Å²) in [7, 11) is 0. The smallest absolute Gasteiger partial charge is 0.220 e. The summed E-state index contributed by atoms with van der Waals surface area (Å²) >= 11 is 0. The number of rotatable bonds is 5. The number of hydrogen-bond donors (Lipinski definition) is 0. The average molecular weight is 418 g/mol. The van der Waals surface area contributed by atoms with Crippen molar-refractivity contribution in [1.82, 2.24) is 19.7 Å². The van der Waals surface area contributed by atoms with E-state index < -0.39 is 0 Å². The highest BCUT2D eigenvalue weighted by atomic mass is 19.1. The third kappa shape index (κ3) is 4.09. The molecular formula is C24H23FN4O2. The van der Waals surface area contributed by atoms with E-state index in [0.29, 0.717) is 24.8 Å². The molecule has 1 aliphatic rings. The van der Waals surface area contributed by atoms with Crippen LogP contribution in [0.1, 0.15) is 11.3 Å². The van der Waals surface area contributed by atoms with E-state index in [0.717, 1.165) is 47.6 Å². The van der Waals surface area contributed by atoms with Crippen molar-refractivity contribution in [3.63, 3.8) is 0 Å². The average Bonchev–Trinajstić information content (AvgIpc) is 2.97. The molecule has 3 heterocycles. The number of halogens is 1. The van der Waals surface area contributed by atoms with Gasteiger partial charge in [0.15, 0.2) is 5.65 Å². The highest BCUT2D eigenvalue weighted by Gasteiger charge is 2.20. The highest BCUT2D eigenvalue weighted by molar-refractivity contribution is 5.81. The molecule has 0 bridgehead atoms. The van der Waals surface area contributed by atoms with E-state index in [1.807, 2.05) is 41.9 Å². The fourth-order valence-electron chi connectivity index (χ4n) is 3.80. The first-order chi connectivity index (χ1) is 15.2. The van der Waals surface area contributed by atoms with Gasteiger partial charge in [0.2, 0.25) is 5.88 Å². The summed E-state index contributed by atoms with van der Waals surface area (Å²) in [5.74, 6) is 1.06. The number of para-hydroxylation sites is 1. The van der Waals surface area contributed by atoms with Gasteiger partial charge in [0.05, 0.1) is 11.4 Å². The molecule has 0 spiro atoms. The Kier molecular flexibility index (Phi) is 5.26. The summed E-state index contributed by atoms with van der Waals surface area (Å²) in [6.07, 6.45) is 0. The molecular weight excluding hydrogens is 395 g/mol. The predicted octanol–water partition coefficient (Wildman–Crippen LogP) is 4.14.